The minimum absolute atomic E-state index is 0.00528. The molecule has 4 atom stereocenters. The molecule has 4 rings (SSSR count). The van der Waals surface area contributed by atoms with Crippen LogP contribution < -0.4 is 16.4 Å². The van der Waals surface area contributed by atoms with Crippen LogP contribution in [0.2, 0.25) is 0 Å². The highest BCUT2D eigenvalue weighted by Crippen LogP contribution is 2.36. The van der Waals surface area contributed by atoms with Crippen molar-refractivity contribution in [1.29, 1.82) is 0 Å². The Labute approximate surface area is 230 Å². The van der Waals surface area contributed by atoms with Crippen LogP contribution in [-0.4, -0.2) is 79.1 Å². The third-order valence-electron chi connectivity index (χ3n) is 8.27. The molecule has 3 aliphatic heterocycles. The molecule has 3 amide bonds. The molecule has 3 heterocycles. The monoisotopic (exact) mass is 542 g/mol. The van der Waals surface area contributed by atoms with Crippen LogP contribution in [0.4, 0.5) is 0 Å². The van der Waals surface area contributed by atoms with Crippen molar-refractivity contribution in [3.63, 3.8) is 0 Å². The Hall–Kier alpha value is -2.36. The van der Waals surface area contributed by atoms with Crippen molar-refractivity contribution in [3.8, 4) is 0 Å². The van der Waals surface area contributed by atoms with Crippen molar-refractivity contribution in [1.82, 2.24) is 15.5 Å². The molecule has 0 radical (unpaired) electrons. The van der Waals surface area contributed by atoms with Gasteiger partial charge in [-0.05, 0) is 56.1 Å². The lowest BCUT2D eigenvalue weighted by molar-refractivity contribution is -0.140. The summed E-state index contributed by atoms with van der Waals surface area (Å²) in [4.78, 5) is 42.2. The number of carbonyl (C=O) groups is 3. The normalized spacial score (nSPS) is 27.7. The van der Waals surface area contributed by atoms with E-state index in [0.717, 1.165) is 17.7 Å². The fourth-order valence-corrected chi connectivity index (χ4v) is 6.27. The molecule has 0 aliphatic carbocycles. The van der Waals surface area contributed by atoms with Crippen LogP contribution in [-0.2, 0) is 25.5 Å². The first-order chi connectivity index (χ1) is 18.4. The summed E-state index contributed by atoms with van der Waals surface area (Å²) in [6.45, 7) is 2.20. The molecule has 3 aliphatic rings. The van der Waals surface area contributed by atoms with Gasteiger partial charge in [0.15, 0.2) is 0 Å². The van der Waals surface area contributed by atoms with E-state index in [-0.39, 0.29) is 29.7 Å². The van der Waals surface area contributed by atoms with Crippen LogP contribution in [0.15, 0.2) is 42.5 Å². The molecule has 0 aromatic heterocycles. The van der Waals surface area contributed by atoms with Gasteiger partial charge in [-0.3, -0.25) is 14.4 Å². The van der Waals surface area contributed by atoms with E-state index in [2.05, 4.69) is 22.8 Å². The number of carbonyl (C=O) groups excluding carboxylic acids is 3. The molecule has 0 bridgehead atoms. The Balaban J connectivity index is 1.55. The number of hydrogen-bond acceptors (Lipinski definition) is 6. The molecule has 208 valence electrons. The van der Waals surface area contributed by atoms with Gasteiger partial charge in [0.25, 0.3) is 0 Å². The molecule has 0 saturated carbocycles. The second-order valence-electron chi connectivity index (χ2n) is 10.9. The van der Waals surface area contributed by atoms with Gasteiger partial charge in [0.05, 0.1) is 11.5 Å². The lowest BCUT2D eigenvalue weighted by Crippen LogP contribution is -2.59. The number of nitrogens with one attached hydrogen (secondary N) is 2. The maximum atomic E-state index is 13.7. The number of hydrogen-bond donors (Lipinski definition) is 3. The van der Waals surface area contributed by atoms with Crippen LogP contribution >= 0.6 is 11.8 Å². The zero-order valence-electron chi connectivity index (χ0n) is 22.4. The Morgan fingerprint density at radius 2 is 1.95 bits per heavy atom. The number of rotatable bonds is 6. The molecule has 8 nitrogen and oxygen atoms in total. The third kappa shape index (κ3) is 7.18. The largest absolute Gasteiger partial charge is 0.381 e. The topological polar surface area (TPSA) is 114 Å². The minimum atomic E-state index is -0.673. The summed E-state index contributed by atoms with van der Waals surface area (Å²) in [7, 11) is 0. The number of nitrogens with two attached hydrogens (primary N) is 1. The second kappa shape index (κ2) is 13.6. The predicted molar refractivity (Wildman–Crippen MR) is 151 cm³/mol. The fourth-order valence-electron chi connectivity index (χ4n) is 5.78. The molecule has 0 unspecified atom stereocenters. The van der Waals surface area contributed by atoms with E-state index in [1.807, 2.05) is 41.5 Å². The van der Waals surface area contributed by atoms with Gasteiger partial charge in [-0.15, -0.1) is 0 Å². The summed E-state index contributed by atoms with van der Waals surface area (Å²) in [5.74, 6) is 0.694. The van der Waals surface area contributed by atoms with Crippen molar-refractivity contribution in [3.05, 3.63) is 48.0 Å². The van der Waals surface area contributed by atoms with Gasteiger partial charge in [0, 0.05) is 44.7 Å². The highest BCUT2D eigenvalue weighted by Gasteiger charge is 2.42. The van der Waals surface area contributed by atoms with Gasteiger partial charge in [0.1, 0.15) is 6.04 Å². The van der Waals surface area contributed by atoms with Gasteiger partial charge in [-0.1, -0.05) is 42.5 Å². The van der Waals surface area contributed by atoms with Gasteiger partial charge >= 0.3 is 0 Å². The standard InChI is InChI=1S/C29H42N4O4S/c1-38-18-11-23(30)27(35)33-15-10-24-22(20-33)9-5-6-12-29(13-16-37-17-14-29)28(36)32-25(26(34)31-24)19-21-7-3-2-4-8-21/h2-8,22-25H,9-20,30H2,1H3,(H,31,34)(H,32,36)/b6-5+/t22-,23-,24+,25-/m0/s1. The molecule has 1 spiro atoms. The molecular weight excluding hydrogens is 500 g/mol. The van der Waals surface area contributed by atoms with Gasteiger partial charge in [-0.25, -0.2) is 0 Å². The molecule has 1 aromatic carbocycles. The van der Waals surface area contributed by atoms with Crippen molar-refractivity contribution >= 4 is 29.5 Å². The lowest BCUT2D eigenvalue weighted by atomic mass is 9.75. The second-order valence-corrected chi connectivity index (χ2v) is 11.8. The van der Waals surface area contributed by atoms with Crippen molar-refractivity contribution in [2.75, 3.05) is 38.3 Å². The number of likely N-dealkylation sites (tertiary alicyclic amines) is 1. The highest BCUT2D eigenvalue weighted by molar-refractivity contribution is 7.98. The van der Waals surface area contributed by atoms with E-state index < -0.39 is 17.5 Å². The molecule has 4 N–H and O–H groups in total. The highest BCUT2D eigenvalue weighted by atomic mass is 32.2. The summed E-state index contributed by atoms with van der Waals surface area (Å²) in [5, 5.41) is 6.38. The summed E-state index contributed by atoms with van der Waals surface area (Å²) >= 11 is 1.69. The van der Waals surface area contributed by atoms with Crippen molar-refractivity contribution in [2.24, 2.45) is 17.1 Å². The number of ether oxygens (including phenoxy) is 1. The van der Waals surface area contributed by atoms with Crippen molar-refractivity contribution in [2.45, 2.75) is 63.1 Å². The molecule has 2 saturated heterocycles. The van der Waals surface area contributed by atoms with E-state index in [1.54, 1.807) is 11.8 Å². The molecule has 9 heteroatoms. The number of nitrogens with zero attached hydrogens (tertiary/aromatic N) is 1. The Bertz CT molecular complexity index is 982. The van der Waals surface area contributed by atoms with E-state index in [1.165, 1.54) is 0 Å². The number of amides is 3. The van der Waals surface area contributed by atoms with E-state index >= 15 is 0 Å². The van der Waals surface area contributed by atoms with Crippen LogP contribution in [0, 0.1) is 11.3 Å². The molecular formula is C29H42N4O4S. The SMILES string of the molecule is CSCC[C@H](N)C(=O)N1CC[C@H]2NC(=O)[C@H](Cc3ccccc3)NC(=O)C3(C/C=C/C[C@H]2C1)CCOCC3. The Morgan fingerprint density at radius 3 is 2.68 bits per heavy atom. The van der Waals surface area contributed by atoms with Crippen LogP contribution in [0.1, 0.15) is 44.1 Å². The van der Waals surface area contributed by atoms with E-state index in [9.17, 15) is 14.4 Å². The molecule has 1 aromatic rings. The quantitative estimate of drug-likeness (QED) is 0.476. The van der Waals surface area contributed by atoms with Crippen molar-refractivity contribution < 1.29 is 19.1 Å². The summed E-state index contributed by atoms with van der Waals surface area (Å²) in [5.41, 5.74) is 6.62. The summed E-state index contributed by atoms with van der Waals surface area (Å²) in [6.07, 6.45) is 10.6. The fraction of sp³-hybridized carbons (Fsp3) is 0.621. The summed E-state index contributed by atoms with van der Waals surface area (Å²) in [6, 6.07) is 8.56. The molecule has 2 fully saturated rings. The number of piperidine rings is 1. The van der Waals surface area contributed by atoms with E-state index in [4.69, 9.17) is 10.5 Å². The van der Waals surface area contributed by atoms with Gasteiger partial charge in [-0.2, -0.15) is 11.8 Å². The Kier molecular flexibility index (Phi) is 10.3. The van der Waals surface area contributed by atoms with Crippen LogP contribution in [0.3, 0.4) is 0 Å². The maximum Gasteiger partial charge on any atom is 0.243 e. The zero-order valence-corrected chi connectivity index (χ0v) is 23.2. The van der Waals surface area contributed by atoms with E-state index in [0.29, 0.717) is 64.8 Å². The lowest BCUT2D eigenvalue weighted by Gasteiger charge is -2.41. The first-order valence-corrected chi connectivity index (χ1v) is 15.2. The first-order valence-electron chi connectivity index (χ1n) is 13.8. The number of benzene rings is 1. The Morgan fingerprint density at radius 1 is 1.18 bits per heavy atom. The average Bonchev–Trinajstić information content (AvgIpc) is 2.94. The number of fused-ring (bicyclic) bond motifs is 1. The minimum Gasteiger partial charge on any atom is -0.381 e. The van der Waals surface area contributed by atoms with Crippen LogP contribution in [0.5, 0.6) is 0 Å². The third-order valence-corrected chi connectivity index (χ3v) is 8.92. The maximum absolute atomic E-state index is 13.7. The molecule has 38 heavy (non-hydrogen) atoms. The zero-order chi connectivity index (χ0) is 27.0. The van der Waals surface area contributed by atoms with Gasteiger partial charge in [0.2, 0.25) is 17.7 Å². The van der Waals surface area contributed by atoms with Crippen LogP contribution in [0.25, 0.3) is 0 Å². The number of thioether (sulfide) groups is 1. The summed E-state index contributed by atoms with van der Waals surface area (Å²) < 4.78 is 5.58. The first kappa shape index (κ1) is 28.6. The predicted octanol–water partition coefficient (Wildman–Crippen LogP) is 2.27. The average molecular weight is 543 g/mol. The smallest absolute Gasteiger partial charge is 0.243 e. The number of allylic oxidation sites excluding steroid dienone is 2. The van der Waals surface area contributed by atoms with Gasteiger partial charge < -0.3 is 26.0 Å².